The third-order valence-corrected chi connectivity index (χ3v) is 3.80. The number of aliphatic hydroxyl groups is 1. The molecule has 0 radical (unpaired) electrons. The molecule has 1 aromatic heterocycles. The Kier molecular flexibility index (Phi) is 4.64. The molecule has 1 atom stereocenters. The second-order valence-electron chi connectivity index (χ2n) is 5.02. The molecule has 0 aliphatic rings. The van der Waals surface area contributed by atoms with Crippen molar-refractivity contribution in [3.63, 3.8) is 0 Å². The van der Waals surface area contributed by atoms with Gasteiger partial charge in [-0.2, -0.15) is 5.26 Å². The van der Waals surface area contributed by atoms with Crippen molar-refractivity contribution in [2.45, 2.75) is 26.0 Å². The molecule has 0 aliphatic heterocycles. The fraction of sp³-hybridized carbons (Fsp3) is 0.267. The van der Waals surface area contributed by atoms with Crippen LogP contribution in [-0.4, -0.2) is 25.7 Å². The molecule has 7 heteroatoms. The van der Waals surface area contributed by atoms with Gasteiger partial charge in [0.2, 0.25) is 0 Å². The number of carboxylic acids is 1. The average Bonchev–Trinajstić information content (AvgIpc) is 2.84. The standard InChI is InChI=1S/C15H14BrN3O3/c1-8(2)19-12(11(14(21)22)18-15(19)16)13(20)10-5-3-9(7-17)4-6-10/h3-6,8,13,20H,1-2H3,(H,21,22). The lowest BCUT2D eigenvalue weighted by molar-refractivity contribution is 0.0684. The Morgan fingerprint density at radius 2 is 1.95 bits per heavy atom. The number of benzene rings is 1. The maximum Gasteiger partial charge on any atom is 0.356 e. The molecular formula is C15H14BrN3O3. The summed E-state index contributed by atoms with van der Waals surface area (Å²) in [7, 11) is 0. The zero-order valence-corrected chi connectivity index (χ0v) is 13.6. The molecule has 2 N–H and O–H groups in total. The van der Waals surface area contributed by atoms with E-state index < -0.39 is 12.1 Å². The summed E-state index contributed by atoms with van der Waals surface area (Å²) in [5, 5.41) is 28.7. The number of aliphatic hydroxyl groups excluding tert-OH is 1. The zero-order valence-electron chi connectivity index (χ0n) is 12.0. The predicted molar refractivity (Wildman–Crippen MR) is 82.5 cm³/mol. The van der Waals surface area contributed by atoms with Gasteiger partial charge in [-0.1, -0.05) is 12.1 Å². The lowest BCUT2D eigenvalue weighted by atomic mass is 10.0. The first-order chi connectivity index (χ1) is 10.4. The molecule has 6 nitrogen and oxygen atoms in total. The van der Waals surface area contributed by atoms with Crippen LogP contribution in [0.15, 0.2) is 29.0 Å². The Hall–Kier alpha value is -2.17. The molecule has 0 saturated heterocycles. The number of carboxylic acid groups (broad SMARTS) is 1. The highest BCUT2D eigenvalue weighted by Crippen LogP contribution is 2.31. The van der Waals surface area contributed by atoms with Crippen molar-refractivity contribution in [2.75, 3.05) is 0 Å². The van der Waals surface area contributed by atoms with Gasteiger partial charge in [0.1, 0.15) is 6.10 Å². The van der Waals surface area contributed by atoms with Crippen LogP contribution in [0.25, 0.3) is 0 Å². The van der Waals surface area contributed by atoms with Crippen molar-refractivity contribution in [1.29, 1.82) is 5.26 Å². The Labute approximate surface area is 135 Å². The molecule has 2 rings (SSSR count). The lowest BCUT2D eigenvalue weighted by Gasteiger charge is -2.18. The third kappa shape index (κ3) is 2.89. The highest BCUT2D eigenvalue weighted by atomic mass is 79.9. The van der Waals surface area contributed by atoms with Crippen LogP contribution in [-0.2, 0) is 0 Å². The van der Waals surface area contributed by atoms with Crippen LogP contribution >= 0.6 is 15.9 Å². The van der Waals surface area contributed by atoms with Gasteiger partial charge in [-0.25, -0.2) is 9.78 Å². The highest BCUT2D eigenvalue weighted by Gasteiger charge is 2.28. The Morgan fingerprint density at radius 3 is 2.41 bits per heavy atom. The van der Waals surface area contributed by atoms with Crippen molar-refractivity contribution < 1.29 is 15.0 Å². The second kappa shape index (κ2) is 6.30. The minimum absolute atomic E-state index is 0.0852. The largest absolute Gasteiger partial charge is 0.476 e. The van der Waals surface area contributed by atoms with Gasteiger partial charge in [-0.05, 0) is 47.5 Å². The van der Waals surface area contributed by atoms with E-state index in [2.05, 4.69) is 20.9 Å². The minimum atomic E-state index is -1.21. The zero-order chi connectivity index (χ0) is 16.4. The first-order valence-corrected chi connectivity index (χ1v) is 7.35. The van der Waals surface area contributed by atoms with Crippen LogP contribution in [0.5, 0.6) is 0 Å². The van der Waals surface area contributed by atoms with E-state index in [0.29, 0.717) is 15.9 Å². The first kappa shape index (κ1) is 16.2. The van der Waals surface area contributed by atoms with Crippen LogP contribution in [0.1, 0.15) is 53.3 Å². The number of hydrogen-bond acceptors (Lipinski definition) is 4. The van der Waals surface area contributed by atoms with E-state index in [4.69, 9.17) is 5.26 Å². The molecule has 114 valence electrons. The summed E-state index contributed by atoms with van der Waals surface area (Å²) in [5.74, 6) is -1.21. The summed E-state index contributed by atoms with van der Waals surface area (Å²) < 4.78 is 1.98. The summed E-state index contributed by atoms with van der Waals surface area (Å²) in [4.78, 5) is 15.4. The van der Waals surface area contributed by atoms with E-state index in [1.54, 1.807) is 28.8 Å². The van der Waals surface area contributed by atoms with Crippen LogP contribution in [0.3, 0.4) is 0 Å². The van der Waals surface area contributed by atoms with Crippen LogP contribution < -0.4 is 0 Å². The molecule has 0 spiro atoms. The number of imidazole rings is 1. The summed E-state index contributed by atoms with van der Waals surface area (Å²) in [6.07, 6.45) is -1.15. The lowest BCUT2D eigenvalue weighted by Crippen LogP contribution is -2.15. The van der Waals surface area contributed by atoms with Gasteiger partial charge in [0.05, 0.1) is 17.3 Å². The smallest absolute Gasteiger partial charge is 0.356 e. The molecule has 0 amide bonds. The number of rotatable bonds is 4. The number of hydrogen-bond donors (Lipinski definition) is 2. The number of aromatic carboxylic acids is 1. The maximum atomic E-state index is 11.4. The van der Waals surface area contributed by atoms with Crippen molar-refractivity contribution in [1.82, 2.24) is 9.55 Å². The molecule has 0 fully saturated rings. The van der Waals surface area contributed by atoms with E-state index in [1.165, 1.54) is 0 Å². The Balaban J connectivity index is 2.58. The number of nitriles is 1. The molecule has 2 aromatic rings. The topological polar surface area (TPSA) is 99.1 Å². The van der Waals surface area contributed by atoms with Crippen LogP contribution in [0, 0.1) is 11.3 Å². The molecule has 22 heavy (non-hydrogen) atoms. The summed E-state index contributed by atoms with van der Waals surface area (Å²) in [6, 6.07) is 8.25. The summed E-state index contributed by atoms with van der Waals surface area (Å²) in [5.41, 5.74) is 0.972. The van der Waals surface area contributed by atoms with Gasteiger partial charge in [0, 0.05) is 6.04 Å². The van der Waals surface area contributed by atoms with Gasteiger partial charge in [0.15, 0.2) is 10.4 Å². The number of halogens is 1. The van der Waals surface area contributed by atoms with Crippen LogP contribution in [0.2, 0.25) is 0 Å². The summed E-state index contributed by atoms with van der Waals surface area (Å²) in [6.45, 7) is 3.74. The number of aromatic nitrogens is 2. The second-order valence-corrected chi connectivity index (χ2v) is 5.73. The minimum Gasteiger partial charge on any atom is -0.476 e. The fourth-order valence-corrected chi connectivity index (χ4v) is 3.00. The van der Waals surface area contributed by atoms with Crippen LogP contribution in [0.4, 0.5) is 0 Å². The van der Waals surface area contributed by atoms with E-state index in [0.717, 1.165) is 0 Å². The monoisotopic (exact) mass is 363 g/mol. The Bertz CT molecular complexity index is 745. The molecular weight excluding hydrogens is 350 g/mol. The molecule has 0 bridgehead atoms. The van der Waals surface area contributed by atoms with Crippen molar-refractivity contribution >= 4 is 21.9 Å². The van der Waals surface area contributed by atoms with Crippen molar-refractivity contribution in [3.05, 3.63) is 51.5 Å². The van der Waals surface area contributed by atoms with E-state index >= 15 is 0 Å². The van der Waals surface area contributed by atoms with Gasteiger partial charge in [-0.3, -0.25) is 0 Å². The average molecular weight is 364 g/mol. The van der Waals surface area contributed by atoms with Gasteiger partial charge in [0.25, 0.3) is 0 Å². The fourth-order valence-electron chi connectivity index (χ4n) is 2.22. The number of nitrogens with zero attached hydrogens (tertiary/aromatic N) is 3. The first-order valence-electron chi connectivity index (χ1n) is 6.55. The molecule has 1 unspecified atom stereocenters. The van der Waals surface area contributed by atoms with Gasteiger partial charge in [-0.15, -0.1) is 0 Å². The van der Waals surface area contributed by atoms with E-state index in [9.17, 15) is 15.0 Å². The quantitative estimate of drug-likeness (QED) is 0.869. The molecule has 1 aromatic carbocycles. The van der Waals surface area contributed by atoms with Gasteiger partial charge < -0.3 is 14.8 Å². The van der Waals surface area contributed by atoms with Crippen molar-refractivity contribution in [2.24, 2.45) is 0 Å². The maximum absolute atomic E-state index is 11.4. The molecule has 0 aliphatic carbocycles. The number of carbonyl (C=O) groups is 1. The summed E-state index contributed by atoms with van der Waals surface area (Å²) >= 11 is 3.23. The molecule has 0 saturated carbocycles. The molecule has 1 heterocycles. The highest BCUT2D eigenvalue weighted by molar-refractivity contribution is 9.10. The Morgan fingerprint density at radius 1 is 1.36 bits per heavy atom. The third-order valence-electron chi connectivity index (χ3n) is 3.24. The van der Waals surface area contributed by atoms with E-state index in [1.807, 2.05) is 19.9 Å². The SMILES string of the molecule is CC(C)n1c(Br)nc(C(=O)O)c1C(O)c1ccc(C#N)cc1. The normalized spacial score (nSPS) is 12.2. The van der Waals surface area contributed by atoms with Crippen molar-refractivity contribution in [3.8, 4) is 6.07 Å². The van der Waals surface area contributed by atoms with Gasteiger partial charge >= 0.3 is 5.97 Å². The van der Waals surface area contributed by atoms with E-state index in [-0.39, 0.29) is 17.4 Å². The predicted octanol–water partition coefficient (Wildman–Crippen LogP) is 2.88.